The summed E-state index contributed by atoms with van der Waals surface area (Å²) in [4.78, 5) is 17.2. The van der Waals surface area contributed by atoms with E-state index in [4.69, 9.17) is 4.74 Å². The Balaban J connectivity index is 2.14. The van der Waals surface area contributed by atoms with Gasteiger partial charge in [-0.15, -0.1) is 0 Å². The van der Waals surface area contributed by atoms with E-state index in [1.165, 1.54) is 0 Å². The number of nitrogens with zero attached hydrogens (tertiary/aromatic N) is 1. The minimum Gasteiger partial charge on any atom is -0.497 e. The number of benzene rings is 1. The van der Waals surface area contributed by atoms with Crippen molar-refractivity contribution in [2.75, 3.05) is 34.3 Å². The maximum Gasteiger partial charge on any atom is 0.253 e. The van der Waals surface area contributed by atoms with Gasteiger partial charge in [-0.25, -0.2) is 0 Å². The number of ether oxygens (including phenoxy) is 1. The summed E-state index contributed by atoms with van der Waals surface area (Å²) in [5.41, 5.74) is 1.56. The van der Waals surface area contributed by atoms with Gasteiger partial charge in [0, 0.05) is 36.3 Å². The first-order valence-electron chi connectivity index (χ1n) is 6.20. The van der Waals surface area contributed by atoms with Gasteiger partial charge in [0.25, 0.3) is 5.91 Å². The van der Waals surface area contributed by atoms with Crippen LogP contribution < -0.4 is 10.1 Å². The zero-order valence-electron chi connectivity index (χ0n) is 11.5. The van der Waals surface area contributed by atoms with Gasteiger partial charge in [-0.2, -0.15) is 0 Å². The highest BCUT2D eigenvalue weighted by Crippen LogP contribution is 2.22. The SMILES string of the molecule is COc1ccc2c(C(=O)NCCN(C)C)c[nH]c2c1. The second-order valence-corrected chi connectivity index (χ2v) is 4.67. The number of rotatable bonds is 5. The van der Waals surface area contributed by atoms with E-state index >= 15 is 0 Å². The van der Waals surface area contributed by atoms with Crippen LogP contribution in [0.1, 0.15) is 10.4 Å². The summed E-state index contributed by atoms with van der Waals surface area (Å²) < 4.78 is 5.16. The van der Waals surface area contributed by atoms with Gasteiger partial charge in [0.1, 0.15) is 5.75 Å². The molecule has 0 radical (unpaired) electrons. The highest BCUT2D eigenvalue weighted by molar-refractivity contribution is 6.06. The topological polar surface area (TPSA) is 57.4 Å². The van der Waals surface area contributed by atoms with Crippen molar-refractivity contribution in [3.8, 4) is 5.75 Å². The quantitative estimate of drug-likeness (QED) is 0.857. The van der Waals surface area contributed by atoms with Crippen molar-refractivity contribution in [2.24, 2.45) is 0 Å². The minimum absolute atomic E-state index is 0.0572. The predicted octanol–water partition coefficient (Wildman–Crippen LogP) is 1.47. The minimum atomic E-state index is -0.0572. The molecular weight excluding hydrogens is 242 g/mol. The Kier molecular flexibility index (Phi) is 4.06. The molecule has 1 aromatic heterocycles. The zero-order valence-corrected chi connectivity index (χ0v) is 11.5. The van der Waals surface area contributed by atoms with Crippen molar-refractivity contribution < 1.29 is 9.53 Å². The fraction of sp³-hybridized carbons (Fsp3) is 0.357. The molecule has 5 heteroatoms. The highest BCUT2D eigenvalue weighted by Gasteiger charge is 2.11. The Bertz CT molecular complexity index is 575. The molecule has 0 aliphatic carbocycles. The monoisotopic (exact) mass is 261 g/mol. The molecular formula is C14H19N3O2. The molecule has 0 bridgehead atoms. The molecule has 0 saturated heterocycles. The molecule has 0 aliphatic heterocycles. The Morgan fingerprint density at radius 3 is 2.89 bits per heavy atom. The number of likely N-dealkylation sites (N-methyl/N-ethyl adjacent to an activating group) is 1. The lowest BCUT2D eigenvalue weighted by Crippen LogP contribution is -2.31. The van der Waals surface area contributed by atoms with Crippen LogP contribution in [0.15, 0.2) is 24.4 Å². The first-order valence-corrected chi connectivity index (χ1v) is 6.20. The van der Waals surface area contributed by atoms with Gasteiger partial charge < -0.3 is 19.9 Å². The first kappa shape index (κ1) is 13.4. The third kappa shape index (κ3) is 3.06. The zero-order chi connectivity index (χ0) is 13.8. The number of hydrogen-bond donors (Lipinski definition) is 2. The predicted molar refractivity (Wildman–Crippen MR) is 75.7 cm³/mol. The second kappa shape index (κ2) is 5.75. The largest absolute Gasteiger partial charge is 0.497 e. The molecule has 102 valence electrons. The Hall–Kier alpha value is -2.01. The van der Waals surface area contributed by atoms with Gasteiger partial charge in [-0.05, 0) is 26.2 Å². The lowest BCUT2D eigenvalue weighted by atomic mass is 10.1. The molecule has 0 fully saturated rings. The molecule has 0 saturated carbocycles. The summed E-state index contributed by atoms with van der Waals surface area (Å²) in [6.45, 7) is 1.45. The van der Waals surface area contributed by atoms with E-state index in [2.05, 4.69) is 10.3 Å². The summed E-state index contributed by atoms with van der Waals surface area (Å²) in [5, 5.41) is 3.81. The summed E-state index contributed by atoms with van der Waals surface area (Å²) in [6.07, 6.45) is 1.73. The number of hydrogen-bond acceptors (Lipinski definition) is 3. The Labute approximate surface area is 112 Å². The summed E-state index contributed by atoms with van der Waals surface area (Å²) in [7, 11) is 5.58. The summed E-state index contributed by atoms with van der Waals surface area (Å²) >= 11 is 0. The van der Waals surface area contributed by atoms with Crippen LogP contribution in [0.5, 0.6) is 5.75 Å². The van der Waals surface area contributed by atoms with Crippen LogP contribution in [0.2, 0.25) is 0 Å². The molecule has 0 atom stereocenters. The fourth-order valence-corrected chi connectivity index (χ4v) is 1.91. The molecule has 5 nitrogen and oxygen atoms in total. The highest BCUT2D eigenvalue weighted by atomic mass is 16.5. The number of H-pyrrole nitrogens is 1. The number of amides is 1. The molecule has 0 aliphatic rings. The average Bonchev–Trinajstić information content (AvgIpc) is 2.80. The fourth-order valence-electron chi connectivity index (χ4n) is 1.91. The smallest absolute Gasteiger partial charge is 0.253 e. The second-order valence-electron chi connectivity index (χ2n) is 4.67. The van der Waals surface area contributed by atoms with Crippen LogP contribution in [0, 0.1) is 0 Å². The van der Waals surface area contributed by atoms with Gasteiger partial charge in [-0.1, -0.05) is 0 Å². The van der Waals surface area contributed by atoms with Crippen molar-refractivity contribution in [2.45, 2.75) is 0 Å². The number of methoxy groups -OCH3 is 1. The van der Waals surface area contributed by atoms with Gasteiger partial charge in [0.05, 0.1) is 12.7 Å². The van der Waals surface area contributed by atoms with E-state index in [1.807, 2.05) is 37.2 Å². The van der Waals surface area contributed by atoms with Crippen molar-refractivity contribution in [1.29, 1.82) is 0 Å². The lowest BCUT2D eigenvalue weighted by molar-refractivity contribution is 0.0952. The molecule has 2 rings (SSSR count). The van der Waals surface area contributed by atoms with Crippen molar-refractivity contribution in [3.63, 3.8) is 0 Å². The molecule has 0 spiro atoms. The standard InChI is InChI=1S/C14H19N3O2/c1-17(2)7-6-15-14(18)12-9-16-13-8-10(19-3)4-5-11(12)13/h4-5,8-9,16H,6-7H2,1-3H3,(H,15,18). The number of aromatic amines is 1. The van der Waals surface area contributed by atoms with Crippen molar-refractivity contribution in [3.05, 3.63) is 30.0 Å². The maximum atomic E-state index is 12.1. The van der Waals surface area contributed by atoms with Gasteiger partial charge in [0.15, 0.2) is 0 Å². The lowest BCUT2D eigenvalue weighted by Gasteiger charge is -2.10. The van der Waals surface area contributed by atoms with Crippen molar-refractivity contribution in [1.82, 2.24) is 15.2 Å². The van der Waals surface area contributed by atoms with Crippen LogP contribution in [-0.4, -0.2) is 50.1 Å². The first-order chi connectivity index (χ1) is 9.11. The average molecular weight is 261 g/mol. The number of aromatic nitrogens is 1. The third-order valence-electron chi connectivity index (χ3n) is 2.98. The van der Waals surface area contributed by atoms with E-state index in [0.717, 1.165) is 23.2 Å². The normalized spacial score (nSPS) is 10.9. The molecule has 1 heterocycles. The summed E-state index contributed by atoms with van der Waals surface area (Å²) in [6, 6.07) is 5.63. The molecule has 2 N–H and O–H groups in total. The van der Waals surface area contributed by atoms with E-state index in [9.17, 15) is 4.79 Å². The molecule has 19 heavy (non-hydrogen) atoms. The maximum absolute atomic E-state index is 12.1. The van der Waals surface area contributed by atoms with Gasteiger partial charge >= 0.3 is 0 Å². The van der Waals surface area contributed by atoms with E-state index < -0.39 is 0 Å². The van der Waals surface area contributed by atoms with Crippen molar-refractivity contribution >= 4 is 16.8 Å². The van der Waals surface area contributed by atoms with Gasteiger partial charge in [0.2, 0.25) is 0 Å². The van der Waals surface area contributed by atoms with Crippen LogP contribution in [-0.2, 0) is 0 Å². The van der Waals surface area contributed by atoms with E-state index in [-0.39, 0.29) is 5.91 Å². The molecule has 2 aromatic rings. The van der Waals surface area contributed by atoms with Gasteiger partial charge in [-0.3, -0.25) is 4.79 Å². The molecule has 1 amide bonds. The Morgan fingerprint density at radius 1 is 1.42 bits per heavy atom. The van der Waals surface area contributed by atoms with Crippen LogP contribution >= 0.6 is 0 Å². The number of carbonyl (C=O) groups excluding carboxylic acids is 1. The van der Waals surface area contributed by atoms with Crippen LogP contribution in [0.3, 0.4) is 0 Å². The van der Waals surface area contributed by atoms with E-state index in [0.29, 0.717) is 12.1 Å². The van der Waals surface area contributed by atoms with Crippen LogP contribution in [0.4, 0.5) is 0 Å². The number of fused-ring (bicyclic) bond motifs is 1. The third-order valence-corrected chi connectivity index (χ3v) is 2.98. The molecule has 1 aromatic carbocycles. The Morgan fingerprint density at radius 2 is 2.21 bits per heavy atom. The molecule has 0 unspecified atom stereocenters. The summed E-state index contributed by atoms with van der Waals surface area (Å²) in [5.74, 6) is 0.715. The number of nitrogens with one attached hydrogen (secondary N) is 2. The van der Waals surface area contributed by atoms with E-state index in [1.54, 1.807) is 13.3 Å². The van der Waals surface area contributed by atoms with Crippen LogP contribution in [0.25, 0.3) is 10.9 Å². The number of carbonyl (C=O) groups is 1.